The molecule has 0 aliphatic heterocycles. The molecule has 12 heavy (non-hydrogen) atoms. The highest BCUT2D eigenvalue weighted by Crippen LogP contribution is 1.93. The van der Waals surface area contributed by atoms with Crippen molar-refractivity contribution in [2.45, 2.75) is 12.5 Å². The summed E-state index contributed by atoms with van der Waals surface area (Å²) >= 11 is 3.94. The largest absolute Gasteiger partial charge is 0.480 e. The molecule has 0 aliphatic rings. The molecule has 0 fully saturated rings. The van der Waals surface area contributed by atoms with Crippen molar-refractivity contribution in [2.24, 2.45) is 5.73 Å². The maximum absolute atomic E-state index is 10.5. The van der Waals surface area contributed by atoms with Crippen LogP contribution in [-0.2, 0) is 4.79 Å². The molecule has 0 saturated carbocycles. The quantitative estimate of drug-likeness (QED) is 0.460. The number of hydrogen-bond donors (Lipinski definition) is 4. The van der Waals surface area contributed by atoms with E-state index in [0.717, 1.165) is 0 Å². The van der Waals surface area contributed by atoms with Crippen molar-refractivity contribution in [3.05, 3.63) is 0 Å². The van der Waals surface area contributed by atoms with Gasteiger partial charge in [0, 0.05) is 13.1 Å². The summed E-state index contributed by atoms with van der Waals surface area (Å²) in [7, 11) is 0. The van der Waals surface area contributed by atoms with Gasteiger partial charge in [0.05, 0.1) is 0 Å². The van der Waals surface area contributed by atoms with E-state index < -0.39 is 12.0 Å². The molecule has 0 aromatic heterocycles. The first kappa shape index (κ1) is 14.5. The predicted molar refractivity (Wildman–Crippen MR) is 54.2 cm³/mol. The van der Waals surface area contributed by atoms with Crippen LogP contribution in [0, 0.1) is 0 Å². The number of carboxylic acids is 1. The van der Waals surface area contributed by atoms with Crippen molar-refractivity contribution in [1.29, 1.82) is 0 Å². The summed E-state index contributed by atoms with van der Waals surface area (Å²) in [6.45, 7) is 0.987. The van der Waals surface area contributed by atoms with Crippen LogP contribution in [0.15, 0.2) is 0 Å². The zero-order valence-electron chi connectivity index (χ0n) is 6.69. The van der Waals surface area contributed by atoms with Crippen molar-refractivity contribution in [1.82, 2.24) is 5.32 Å². The van der Waals surface area contributed by atoms with E-state index in [-0.39, 0.29) is 12.4 Å². The molecular formula is C6H15ClN2O2S. The van der Waals surface area contributed by atoms with Gasteiger partial charge in [-0.3, -0.25) is 4.79 Å². The molecule has 0 radical (unpaired) electrons. The monoisotopic (exact) mass is 214 g/mol. The number of hydrogen-bond acceptors (Lipinski definition) is 4. The minimum atomic E-state index is -0.840. The van der Waals surface area contributed by atoms with Gasteiger partial charge in [0.15, 0.2) is 0 Å². The maximum atomic E-state index is 10.5. The van der Waals surface area contributed by atoms with Crippen LogP contribution in [0.25, 0.3) is 0 Å². The van der Waals surface area contributed by atoms with Crippen LogP contribution in [-0.4, -0.2) is 36.0 Å². The molecule has 0 rings (SSSR count). The Morgan fingerprint density at radius 3 is 2.58 bits per heavy atom. The average molecular weight is 215 g/mol. The lowest BCUT2D eigenvalue weighted by Gasteiger charge is -2.11. The van der Waals surface area contributed by atoms with E-state index in [2.05, 4.69) is 17.9 Å². The highest BCUT2D eigenvalue weighted by atomic mass is 35.5. The molecule has 0 aromatic carbocycles. The Morgan fingerprint density at radius 2 is 2.25 bits per heavy atom. The molecule has 0 unspecified atom stereocenters. The van der Waals surface area contributed by atoms with E-state index in [9.17, 15) is 4.79 Å². The normalized spacial score (nSPS) is 11.8. The Kier molecular flexibility index (Phi) is 11.1. The van der Waals surface area contributed by atoms with Gasteiger partial charge in [-0.1, -0.05) is 0 Å². The number of halogens is 1. The van der Waals surface area contributed by atoms with Crippen LogP contribution in [0.3, 0.4) is 0 Å². The average Bonchev–Trinajstić information content (AvgIpc) is 1.97. The van der Waals surface area contributed by atoms with Crippen molar-refractivity contribution in [2.75, 3.05) is 18.8 Å². The Morgan fingerprint density at radius 1 is 1.67 bits per heavy atom. The van der Waals surface area contributed by atoms with E-state index in [1.807, 2.05) is 0 Å². The SMILES string of the molecule is Cl.NCCN[C@@H](CCS)C(=O)O. The van der Waals surface area contributed by atoms with Gasteiger partial charge in [0.2, 0.25) is 0 Å². The summed E-state index contributed by atoms with van der Waals surface area (Å²) in [5.74, 6) is -0.276. The highest BCUT2D eigenvalue weighted by Gasteiger charge is 2.13. The number of rotatable bonds is 6. The topological polar surface area (TPSA) is 75.3 Å². The standard InChI is InChI=1S/C6H14N2O2S.ClH/c7-2-3-8-5(1-4-11)6(9)10;/h5,8,11H,1-4,7H2,(H,9,10);1H/t5-;/m0./s1. The first-order chi connectivity index (χ1) is 5.22. The second kappa shape index (κ2) is 9.12. The van der Waals surface area contributed by atoms with Gasteiger partial charge < -0.3 is 16.2 Å². The fraction of sp³-hybridized carbons (Fsp3) is 0.833. The third kappa shape index (κ3) is 6.72. The molecular weight excluding hydrogens is 200 g/mol. The summed E-state index contributed by atoms with van der Waals surface area (Å²) in [5, 5.41) is 11.4. The predicted octanol–water partition coefficient (Wildman–Crippen LogP) is -0.270. The van der Waals surface area contributed by atoms with E-state index in [1.54, 1.807) is 0 Å². The van der Waals surface area contributed by atoms with Gasteiger partial charge >= 0.3 is 5.97 Å². The van der Waals surface area contributed by atoms with Gasteiger partial charge in [-0.2, -0.15) is 12.6 Å². The Labute approximate surface area is 83.7 Å². The zero-order valence-corrected chi connectivity index (χ0v) is 8.40. The number of carbonyl (C=O) groups is 1. The fourth-order valence-electron chi connectivity index (χ4n) is 0.700. The van der Waals surface area contributed by atoms with Gasteiger partial charge in [-0.25, -0.2) is 0 Å². The van der Waals surface area contributed by atoms with Crippen LogP contribution in [0.4, 0.5) is 0 Å². The minimum Gasteiger partial charge on any atom is -0.480 e. The summed E-state index contributed by atoms with van der Waals surface area (Å²) in [6.07, 6.45) is 0.526. The Balaban J connectivity index is 0. The van der Waals surface area contributed by atoms with E-state index >= 15 is 0 Å². The minimum absolute atomic E-state index is 0. The van der Waals surface area contributed by atoms with Crippen LogP contribution in [0.1, 0.15) is 6.42 Å². The molecule has 1 atom stereocenters. The first-order valence-electron chi connectivity index (χ1n) is 3.49. The third-order valence-corrected chi connectivity index (χ3v) is 1.51. The van der Waals surface area contributed by atoms with E-state index in [1.165, 1.54) is 0 Å². The Hall–Kier alpha value is 0.0300. The van der Waals surface area contributed by atoms with Crippen LogP contribution in [0.2, 0.25) is 0 Å². The second-order valence-electron chi connectivity index (χ2n) is 2.15. The molecule has 0 aromatic rings. The number of nitrogens with two attached hydrogens (primary N) is 1. The van der Waals surface area contributed by atoms with Crippen LogP contribution < -0.4 is 11.1 Å². The number of carboxylic acid groups (broad SMARTS) is 1. The van der Waals surface area contributed by atoms with Crippen LogP contribution in [0.5, 0.6) is 0 Å². The fourth-order valence-corrected chi connectivity index (χ4v) is 0.958. The molecule has 0 bridgehead atoms. The smallest absolute Gasteiger partial charge is 0.320 e. The summed E-state index contributed by atoms with van der Waals surface area (Å²) in [4.78, 5) is 10.5. The first-order valence-corrected chi connectivity index (χ1v) is 4.12. The van der Waals surface area contributed by atoms with E-state index in [0.29, 0.717) is 25.3 Å². The van der Waals surface area contributed by atoms with Gasteiger partial charge in [-0.05, 0) is 12.2 Å². The van der Waals surface area contributed by atoms with Crippen molar-refractivity contribution in [3.63, 3.8) is 0 Å². The maximum Gasteiger partial charge on any atom is 0.320 e. The van der Waals surface area contributed by atoms with E-state index in [4.69, 9.17) is 10.8 Å². The second-order valence-corrected chi connectivity index (χ2v) is 2.59. The highest BCUT2D eigenvalue weighted by molar-refractivity contribution is 7.80. The molecule has 0 spiro atoms. The van der Waals surface area contributed by atoms with Crippen LogP contribution >= 0.6 is 25.0 Å². The van der Waals surface area contributed by atoms with Crippen molar-refractivity contribution < 1.29 is 9.90 Å². The summed E-state index contributed by atoms with van der Waals surface area (Å²) in [5.41, 5.74) is 5.20. The molecule has 0 amide bonds. The molecule has 0 heterocycles. The molecule has 4 nitrogen and oxygen atoms in total. The van der Waals surface area contributed by atoms with Crippen molar-refractivity contribution >= 4 is 31.0 Å². The van der Waals surface area contributed by atoms with Gasteiger partial charge in [-0.15, -0.1) is 12.4 Å². The number of thiol groups is 1. The molecule has 4 N–H and O–H groups in total. The number of nitrogens with one attached hydrogen (secondary N) is 1. The third-order valence-electron chi connectivity index (χ3n) is 1.25. The number of aliphatic carboxylic acids is 1. The molecule has 0 aliphatic carbocycles. The summed E-state index contributed by atoms with van der Waals surface area (Å²) < 4.78 is 0. The Bertz CT molecular complexity index is 126. The molecule has 6 heteroatoms. The lowest BCUT2D eigenvalue weighted by molar-refractivity contribution is -0.139. The van der Waals surface area contributed by atoms with Gasteiger partial charge in [0.1, 0.15) is 6.04 Å². The van der Waals surface area contributed by atoms with Crippen molar-refractivity contribution in [3.8, 4) is 0 Å². The van der Waals surface area contributed by atoms with Gasteiger partial charge in [0.25, 0.3) is 0 Å². The summed E-state index contributed by atoms with van der Waals surface area (Å²) in [6, 6.07) is -0.504. The molecule has 0 saturated heterocycles. The molecule has 74 valence electrons. The lowest BCUT2D eigenvalue weighted by atomic mass is 10.2. The zero-order chi connectivity index (χ0) is 8.69. The lowest BCUT2D eigenvalue weighted by Crippen LogP contribution is -2.39.